The molecule has 1 unspecified atom stereocenters. The zero-order valence-corrected chi connectivity index (χ0v) is 9.81. The van der Waals surface area contributed by atoms with Crippen molar-refractivity contribution in [3.63, 3.8) is 0 Å². The van der Waals surface area contributed by atoms with Gasteiger partial charge in [-0.2, -0.15) is 11.8 Å². The Morgan fingerprint density at radius 3 is 2.80 bits per heavy atom. The second-order valence-electron chi connectivity index (χ2n) is 4.71. The third-order valence-electron chi connectivity index (χ3n) is 3.43. The Kier molecular flexibility index (Phi) is 3.57. The molecule has 2 aliphatic rings. The van der Waals surface area contributed by atoms with Gasteiger partial charge in [-0.05, 0) is 25.0 Å². The van der Waals surface area contributed by atoms with E-state index in [0.717, 1.165) is 43.6 Å². The first-order chi connectivity index (χ1) is 7.20. The minimum Gasteiger partial charge on any atom is -0.388 e. The lowest BCUT2D eigenvalue weighted by atomic mass is 10.0. The summed E-state index contributed by atoms with van der Waals surface area (Å²) in [7, 11) is 0. The van der Waals surface area contributed by atoms with Crippen molar-refractivity contribution in [1.82, 2.24) is 5.32 Å². The molecule has 1 saturated heterocycles. The molecule has 0 radical (unpaired) electrons. The van der Waals surface area contributed by atoms with Gasteiger partial charge in [0.25, 0.3) is 0 Å². The monoisotopic (exact) mass is 229 g/mol. The number of carbonyl (C=O) groups excluding carboxylic acids is 1. The molecule has 1 atom stereocenters. The molecule has 4 heteroatoms. The fourth-order valence-corrected chi connectivity index (χ4v) is 3.57. The van der Waals surface area contributed by atoms with Crippen molar-refractivity contribution in [2.45, 2.75) is 37.7 Å². The summed E-state index contributed by atoms with van der Waals surface area (Å²) in [5.41, 5.74) is -0.610. The largest absolute Gasteiger partial charge is 0.388 e. The zero-order chi connectivity index (χ0) is 10.7. The van der Waals surface area contributed by atoms with Crippen LogP contribution >= 0.6 is 11.8 Å². The fraction of sp³-hybridized carbons (Fsp3) is 0.909. The SMILES string of the molecule is O=C(NCC1(O)CCCC1)C1CCSC1. The number of thioether (sulfide) groups is 1. The first kappa shape index (κ1) is 11.3. The topological polar surface area (TPSA) is 49.3 Å². The minimum absolute atomic E-state index is 0.139. The lowest BCUT2D eigenvalue weighted by Gasteiger charge is -2.23. The quantitative estimate of drug-likeness (QED) is 0.763. The van der Waals surface area contributed by atoms with Crippen LogP contribution < -0.4 is 5.32 Å². The van der Waals surface area contributed by atoms with Crippen molar-refractivity contribution in [3.05, 3.63) is 0 Å². The number of hydrogen-bond acceptors (Lipinski definition) is 3. The average molecular weight is 229 g/mol. The Bertz CT molecular complexity index is 233. The van der Waals surface area contributed by atoms with Gasteiger partial charge in [-0.1, -0.05) is 12.8 Å². The molecule has 2 fully saturated rings. The number of carbonyl (C=O) groups is 1. The highest BCUT2D eigenvalue weighted by Crippen LogP contribution is 2.29. The van der Waals surface area contributed by atoms with Gasteiger partial charge in [-0.15, -0.1) is 0 Å². The normalized spacial score (nSPS) is 29.3. The van der Waals surface area contributed by atoms with Crippen molar-refractivity contribution >= 4 is 17.7 Å². The smallest absolute Gasteiger partial charge is 0.224 e. The number of nitrogens with one attached hydrogen (secondary N) is 1. The Balaban J connectivity index is 1.74. The van der Waals surface area contributed by atoms with Crippen molar-refractivity contribution in [2.75, 3.05) is 18.1 Å². The summed E-state index contributed by atoms with van der Waals surface area (Å²) in [4.78, 5) is 11.7. The summed E-state index contributed by atoms with van der Waals surface area (Å²) in [6, 6.07) is 0. The molecule has 0 bridgehead atoms. The molecule has 3 nitrogen and oxygen atoms in total. The standard InChI is InChI=1S/C11H19NO2S/c13-10(9-3-6-15-7-9)12-8-11(14)4-1-2-5-11/h9,14H,1-8H2,(H,12,13). The van der Waals surface area contributed by atoms with E-state index in [4.69, 9.17) is 0 Å². The van der Waals surface area contributed by atoms with E-state index in [1.165, 1.54) is 0 Å². The van der Waals surface area contributed by atoms with Gasteiger partial charge in [-0.25, -0.2) is 0 Å². The van der Waals surface area contributed by atoms with Crippen LogP contribution in [0.1, 0.15) is 32.1 Å². The fourth-order valence-electron chi connectivity index (χ4n) is 2.35. The molecule has 1 aliphatic carbocycles. The van der Waals surface area contributed by atoms with Gasteiger partial charge >= 0.3 is 0 Å². The average Bonchev–Trinajstić information content (AvgIpc) is 2.85. The maximum Gasteiger partial charge on any atom is 0.224 e. The van der Waals surface area contributed by atoms with Crippen LogP contribution in [0.15, 0.2) is 0 Å². The molecule has 0 aromatic carbocycles. The molecule has 0 aromatic heterocycles. The lowest BCUT2D eigenvalue weighted by molar-refractivity contribution is -0.125. The first-order valence-corrected chi connectivity index (χ1v) is 6.93. The van der Waals surface area contributed by atoms with Crippen molar-refractivity contribution in [1.29, 1.82) is 0 Å². The van der Waals surface area contributed by atoms with Gasteiger partial charge in [0.05, 0.1) is 5.60 Å². The summed E-state index contributed by atoms with van der Waals surface area (Å²) in [6.45, 7) is 0.451. The number of hydrogen-bond donors (Lipinski definition) is 2. The molecule has 15 heavy (non-hydrogen) atoms. The molecule has 86 valence electrons. The van der Waals surface area contributed by atoms with Crippen LogP contribution in [-0.2, 0) is 4.79 Å². The lowest BCUT2D eigenvalue weighted by Crippen LogP contribution is -2.43. The summed E-state index contributed by atoms with van der Waals surface area (Å²) in [6.07, 6.45) is 4.85. The molecule has 1 aliphatic heterocycles. The summed E-state index contributed by atoms with van der Waals surface area (Å²) < 4.78 is 0. The van der Waals surface area contributed by atoms with Gasteiger partial charge in [0, 0.05) is 18.2 Å². The van der Waals surface area contributed by atoms with Crippen LogP contribution in [0, 0.1) is 5.92 Å². The molecular formula is C11H19NO2S. The Labute approximate surface area is 95.0 Å². The van der Waals surface area contributed by atoms with Crippen LogP contribution in [0.25, 0.3) is 0 Å². The zero-order valence-electron chi connectivity index (χ0n) is 9.00. The molecule has 2 rings (SSSR count). The Morgan fingerprint density at radius 2 is 2.20 bits per heavy atom. The van der Waals surface area contributed by atoms with Gasteiger partial charge < -0.3 is 10.4 Å². The predicted molar refractivity (Wildman–Crippen MR) is 61.9 cm³/mol. The van der Waals surface area contributed by atoms with Gasteiger partial charge in [0.1, 0.15) is 0 Å². The van der Waals surface area contributed by atoms with Crippen LogP contribution in [0.3, 0.4) is 0 Å². The third-order valence-corrected chi connectivity index (χ3v) is 4.59. The maximum absolute atomic E-state index is 11.7. The number of aliphatic hydroxyl groups is 1. The van der Waals surface area contributed by atoms with E-state index >= 15 is 0 Å². The molecule has 2 N–H and O–H groups in total. The first-order valence-electron chi connectivity index (χ1n) is 5.77. The Hall–Kier alpha value is -0.220. The van der Waals surface area contributed by atoms with Crippen LogP contribution in [-0.4, -0.2) is 34.7 Å². The molecule has 1 heterocycles. The van der Waals surface area contributed by atoms with Crippen molar-refractivity contribution < 1.29 is 9.90 Å². The summed E-state index contributed by atoms with van der Waals surface area (Å²) in [5, 5.41) is 13.0. The van der Waals surface area contributed by atoms with Crippen LogP contribution in [0.2, 0.25) is 0 Å². The van der Waals surface area contributed by atoms with Gasteiger partial charge in [0.15, 0.2) is 0 Å². The van der Waals surface area contributed by atoms with E-state index in [1.54, 1.807) is 0 Å². The highest BCUT2D eigenvalue weighted by Gasteiger charge is 2.32. The molecular weight excluding hydrogens is 210 g/mol. The van der Waals surface area contributed by atoms with E-state index in [-0.39, 0.29) is 11.8 Å². The van der Waals surface area contributed by atoms with Crippen molar-refractivity contribution in [3.8, 4) is 0 Å². The summed E-state index contributed by atoms with van der Waals surface area (Å²) >= 11 is 1.84. The Morgan fingerprint density at radius 1 is 1.47 bits per heavy atom. The second kappa shape index (κ2) is 4.74. The second-order valence-corrected chi connectivity index (χ2v) is 5.86. The molecule has 0 aromatic rings. The molecule has 0 spiro atoms. The maximum atomic E-state index is 11.7. The van der Waals surface area contributed by atoms with Crippen LogP contribution in [0.4, 0.5) is 0 Å². The molecule has 1 saturated carbocycles. The minimum atomic E-state index is -0.610. The number of rotatable bonds is 3. The van der Waals surface area contributed by atoms with Gasteiger partial charge in [-0.3, -0.25) is 4.79 Å². The predicted octanol–water partition coefficient (Wildman–Crippen LogP) is 1.16. The highest BCUT2D eigenvalue weighted by atomic mass is 32.2. The number of amides is 1. The summed E-state index contributed by atoms with van der Waals surface area (Å²) in [5.74, 6) is 2.37. The van der Waals surface area contributed by atoms with Crippen molar-refractivity contribution in [2.24, 2.45) is 5.92 Å². The van der Waals surface area contributed by atoms with E-state index in [9.17, 15) is 9.90 Å². The van der Waals surface area contributed by atoms with E-state index < -0.39 is 5.60 Å². The highest BCUT2D eigenvalue weighted by molar-refractivity contribution is 7.99. The van der Waals surface area contributed by atoms with Crippen LogP contribution in [0.5, 0.6) is 0 Å². The van der Waals surface area contributed by atoms with Gasteiger partial charge in [0.2, 0.25) is 5.91 Å². The third kappa shape index (κ3) is 2.88. The van der Waals surface area contributed by atoms with E-state index in [0.29, 0.717) is 6.54 Å². The van der Waals surface area contributed by atoms with E-state index in [1.807, 2.05) is 11.8 Å². The molecule has 1 amide bonds. The van der Waals surface area contributed by atoms with E-state index in [2.05, 4.69) is 5.32 Å².